The second-order valence-electron chi connectivity index (χ2n) is 6.46. The second-order valence-corrected chi connectivity index (χ2v) is 6.46. The molecule has 1 aromatic carbocycles. The highest BCUT2D eigenvalue weighted by molar-refractivity contribution is 5.35. The van der Waals surface area contributed by atoms with Crippen molar-refractivity contribution >= 4 is 0 Å². The number of benzene rings is 1. The molecule has 0 radical (unpaired) electrons. The van der Waals surface area contributed by atoms with Crippen molar-refractivity contribution in [3.63, 3.8) is 0 Å². The number of rotatable bonds is 7. The first kappa shape index (κ1) is 13.9. The van der Waals surface area contributed by atoms with Gasteiger partial charge in [0.15, 0.2) is 0 Å². The molecule has 1 N–H and O–H groups in total. The molecule has 0 bridgehead atoms. The lowest BCUT2D eigenvalue weighted by atomic mass is 9.87. The van der Waals surface area contributed by atoms with Gasteiger partial charge in [0.25, 0.3) is 0 Å². The van der Waals surface area contributed by atoms with Gasteiger partial charge in [-0.15, -0.1) is 0 Å². The summed E-state index contributed by atoms with van der Waals surface area (Å²) in [5.41, 5.74) is 1.39. The molecule has 2 heteroatoms. The number of hydrogen-bond acceptors (Lipinski definition) is 2. The van der Waals surface area contributed by atoms with Crippen LogP contribution in [0.2, 0.25) is 0 Å². The van der Waals surface area contributed by atoms with E-state index in [2.05, 4.69) is 36.5 Å². The first-order chi connectivity index (χ1) is 9.86. The molecule has 0 aromatic heterocycles. The van der Waals surface area contributed by atoms with Crippen LogP contribution in [0, 0.1) is 11.8 Å². The highest BCUT2D eigenvalue weighted by Gasteiger charge is 2.29. The van der Waals surface area contributed by atoms with Crippen LogP contribution in [0.1, 0.15) is 44.6 Å². The summed E-state index contributed by atoms with van der Waals surface area (Å²) < 4.78 is 5.98. The number of hydrogen-bond donors (Lipinski definition) is 1. The zero-order chi connectivity index (χ0) is 13.8. The lowest BCUT2D eigenvalue weighted by Crippen LogP contribution is -2.42. The molecular formula is C18H27NO. The molecule has 2 atom stereocenters. The highest BCUT2D eigenvalue weighted by Crippen LogP contribution is 2.36. The van der Waals surface area contributed by atoms with E-state index in [1.165, 1.54) is 44.1 Å². The first-order valence-electron chi connectivity index (χ1n) is 8.31. The van der Waals surface area contributed by atoms with Gasteiger partial charge in [-0.25, -0.2) is 0 Å². The summed E-state index contributed by atoms with van der Waals surface area (Å²) in [6.45, 7) is 4.26. The van der Waals surface area contributed by atoms with E-state index in [4.69, 9.17) is 4.74 Å². The third-order valence-electron chi connectivity index (χ3n) is 4.72. The summed E-state index contributed by atoms with van der Waals surface area (Å²) in [5.74, 6) is 2.76. The van der Waals surface area contributed by atoms with Gasteiger partial charge >= 0.3 is 0 Å². The van der Waals surface area contributed by atoms with E-state index in [-0.39, 0.29) is 0 Å². The molecule has 2 aliphatic rings. The SMILES string of the molecule is CCCNC(CCC1CC1)C1COc2ccccc2C1. The zero-order valence-corrected chi connectivity index (χ0v) is 12.6. The second kappa shape index (κ2) is 6.62. The lowest BCUT2D eigenvalue weighted by molar-refractivity contribution is 0.177. The Bertz CT molecular complexity index is 427. The lowest BCUT2D eigenvalue weighted by Gasteiger charge is -2.32. The monoisotopic (exact) mass is 273 g/mol. The van der Waals surface area contributed by atoms with Crippen molar-refractivity contribution in [1.82, 2.24) is 5.32 Å². The van der Waals surface area contributed by atoms with Crippen LogP contribution in [-0.2, 0) is 6.42 Å². The van der Waals surface area contributed by atoms with Crippen molar-refractivity contribution in [2.45, 2.75) is 51.5 Å². The molecule has 0 saturated heterocycles. The van der Waals surface area contributed by atoms with Gasteiger partial charge in [-0.3, -0.25) is 0 Å². The quantitative estimate of drug-likeness (QED) is 0.816. The summed E-state index contributed by atoms with van der Waals surface area (Å²) in [7, 11) is 0. The number of para-hydroxylation sites is 1. The maximum absolute atomic E-state index is 5.98. The molecule has 1 saturated carbocycles. The Morgan fingerprint density at radius 3 is 2.95 bits per heavy atom. The standard InChI is InChI=1S/C18H27NO/c1-2-11-19-17(10-9-14-7-8-14)16-12-15-5-3-4-6-18(15)20-13-16/h3-6,14,16-17,19H,2,7-13H2,1H3. The maximum atomic E-state index is 5.98. The van der Waals surface area contributed by atoms with E-state index in [1.54, 1.807) is 0 Å². The zero-order valence-electron chi connectivity index (χ0n) is 12.6. The van der Waals surface area contributed by atoms with Crippen LogP contribution in [0.5, 0.6) is 5.75 Å². The molecule has 2 unspecified atom stereocenters. The van der Waals surface area contributed by atoms with Gasteiger partial charge in [0.1, 0.15) is 5.75 Å². The highest BCUT2D eigenvalue weighted by atomic mass is 16.5. The van der Waals surface area contributed by atoms with E-state index in [0.717, 1.165) is 24.8 Å². The van der Waals surface area contributed by atoms with E-state index >= 15 is 0 Å². The van der Waals surface area contributed by atoms with Gasteiger partial charge in [0.05, 0.1) is 6.61 Å². The Kier molecular flexibility index (Phi) is 4.62. The van der Waals surface area contributed by atoms with Crippen LogP contribution < -0.4 is 10.1 Å². The minimum absolute atomic E-state index is 0.629. The average Bonchev–Trinajstić information content (AvgIpc) is 3.31. The molecule has 0 amide bonds. The number of ether oxygens (including phenoxy) is 1. The minimum atomic E-state index is 0.629. The Morgan fingerprint density at radius 2 is 2.15 bits per heavy atom. The predicted octanol–water partition coefficient (Wildman–Crippen LogP) is 3.80. The maximum Gasteiger partial charge on any atom is 0.122 e. The third-order valence-corrected chi connectivity index (χ3v) is 4.72. The first-order valence-corrected chi connectivity index (χ1v) is 8.31. The average molecular weight is 273 g/mol. The Labute approximate surface area is 122 Å². The van der Waals surface area contributed by atoms with Crippen LogP contribution in [0.15, 0.2) is 24.3 Å². The van der Waals surface area contributed by atoms with Gasteiger partial charge in [-0.05, 0) is 49.8 Å². The van der Waals surface area contributed by atoms with Crippen LogP contribution in [0.3, 0.4) is 0 Å². The Balaban J connectivity index is 1.61. The third kappa shape index (κ3) is 3.54. The molecule has 1 aliphatic heterocycles. The molecule has 20 heavy (non-hydrogen) atoms. The molecule has 1 aromatic rings. The molecule has 2 nitrogen and oxygen atoms in total. The molecule has 110 valence electrons. The number of fused-ring (bicyclic) bond motifs is 1. The van der Waals surface area contributed by atoms with Crippen molar-refractivity contribution in [2.75, 3.05) is 13.2 Å². The van der Waals surface area contributed by atoms with Crippen molar-refractivity contribution in [2.24, 2.45) is 11.8 Å². The molecule has 1 fully saturated rings. The normalized spacial score (nSPS) is 22.9. The molecule has 3 rings (SSSR count). The predicted molar refractivity (Wildman–Crippen MR) is 83.2 cm³/mol. The fraction of sp³-hybridized carbons (Fsp3) is 0.667. The molecule has 1 heterocycles. The molecule has 0 spiro atoms. The van der Waals surface area contributed by atoms with Gasteiger partial charge in [-0.2, -0.15) is 0 Å². The largest absolute Gasteiger partial charge is 0.493 e. The Hall–Kier alpha value is -1.02. The van der Waals surface area contributed by atoms with Crippen LogP contribution in [-0.4, -0.2) is 19.2 Å². The van der Waals surface area contributed by atoms with Crippen molar-refractivity contribution < 1.29 is 4.74 Å². The summed E-state index contributed by atoms with van der Waals surface area (Å²) in [6.07, 6.45) is 8.03. The van der Waals surface area contributed by atoms with Crippen LogP contribution >= 0.6 is 0 Å². The molecular weight excluding hydrogens is 246 g/mol. The molecule has 1 aliphatic carbocycles. The summed E-state index contributed by atoms with van der Waals surface area (Å²) in [6, 6.07) is 9.15. The van der Waals surface area contributed by atoms with Crippen molar-refractivity contribution in [1.29, 1.82) is 0 Å². The van der Waals surface area contributed by atoms with E-state index in [0.29, 0.717) is 12.0 Å². The smallest absolute Gasteiger partial charge is 0.122 e. The van der Waals surface area contributed by atoms with Gasteiger partial charge in [0.2, 0.25) is 0 Å². The minimum Gasteiger partial charge on any atom is -0.493 e. The van der Waals surface area contributed by atoms with Gasteiger partial charge < -0.3 is 10.1 Å². The van der Waals surface area contributed by atoms with Crippen molar-refractivity contribution in [3.05, 3.63) is 29.8 Å². The summed E-state index contributed by atoms with van der Waals surface area (Å²) in [5, 5.41) is 3.77. The van der Waals surface area contributed by atoms with Crippen molar-refractivity contribution in [3.8, 4) is 5.75 Å². The number of nitrogens with one attached hydrogen (secondary N) is 1. The summed E-state index contributed by atoms with van der Waals surface area (Å²) >= 11 is 0. The topological polar surface area (TPSA) is 21.3 Å². The van der Waals surface area contributed by atoms with E-state index in [1.807, 2.05) is 0 Å². The van der Waals surface area contributed by atoms with Crippen LogP contribution in [0.4, 0.5) is 0 Å². The van der Waals surface area contributed by atoms with E-state index in [9.17, 15) is 0 Å². The Morgan fingerprint density at radius 1 is 1.30 bits per heavy atom. The fourth-order valence-corrected chi connectivity index (χ4v) is 3.27. The van der Waals surface area contributed by atoms with E-state index < -0.39 is 0 Å². The fourth-order valence-electron chi connectivity index (χ4n) is 3.27. The van der Waals surface area contributed by atoms with Crippen LogP contribution in [0.25, 0.3) is 0 Å². The van der Waals surface area contributed by atoms with Gasteiger partial charge in [-0.1, -0.05) is 38.0 Å². The summed E-state index contributed by atoms with van der Waals surface area (Å²) in [4.78, 5) is 0. The van der Waals surface area contributed by atoms with Gasteiger partial charge in [0, 0.05) is 12.0 Å².